The fourth-order valence-electron chi connectivity index (χ4n) is 0.920. The second kappa shape index (κ2) is 6.61. The van der Waals surface area contributed by atoms with Gasteiger partial charge in [-0.1, -0.05) is 5.54 Å². The van der Waals surface area contributed by atoms with E-state index in [1.54, 1.807) is 0 Å². The van der Waals surface area contributed by atoms with Gasteiger partial charge >= 0.3 is 0 Å². The molecule has 4 heteroatoms. The van der Waals surface area contributed by atoms with Crippen molar-refractivity contribution in [2.24, 2.45) is 0 Å². The van der Waals surface area contributed by atoms with Crippen molar-refractivity contribution >= 4 is 0 Å². The smallest absolute Gasteiger partial charge is 0.0455 e. The minimum Gasteiger partial charge on any atom is -0.670 e. The first-order chi connectivity index (χ1) is 4.27. The number of hydrogen-bond donors (Lipinski definition) is 1. The molecule has 0 unspecified atom stereocenters. The molecule has 11 heavy (non-hydrogen) atoms. The number of ether oxygens (including phenoxy) is 1. The Morgan fingerprint density at radius 1 is 1.36 bits per heavy atom. The summed E-state index contributed by atoms with van der Waals surface area (Å²) >= 11 is 0. The Morgan fingerprint density at radius 2 is 1.82 bits per heavy atom. The zero-order chi connectivity index (χ0) is 6.74. The fourth-order valence-corrected chi connectivity index (χ4v) is 0.920. The van der Waals surface area contributed by atoms with Gasteiger partial charge in [-0.25, -0.2) is 0 Å². The number of hydrogen-bond acceptors (Lipinski definition) is 2. The summed E-state index contributed by atoms with van der Waals surface area (Å²) in [6.45, 7) is 1.23. The number of rotatable bonds is 1. The van der Waals surface area contributed by atoms with E-state index in [4.69, 9.17) is 15.6 Å². The van der Waals surface area contributed by atoms with Crippen molar-refractivity contribution in [2.75, 3.05) is 19.8 Å². The monoisotopic (exact) mass is 314 g/mol. The third-order valence-electron chi connectivity index (χ3n) is 1.75. The first-order valence-electron chi connectivity index (χ1n) is 3.20. The number of nitrogens with one attached hydrogen (secondary N) is 1. The van der Waals surface area contributed by atoms with Crippen LogP contribution in [0.15, 0.2) is 0 Å². The molecule has 1 aliphatic rings. The molecule has 0 aromatic heterocycles. The third kappa shape index (κ3) is 4.63. The Kier molecular flexibility index (Phi) is 8.79. The predicted molar refractivity (Wildman–Crippen MR) is 40.6 cm³/mol. The summed E-state index contributed by atoms with van der Waals surface area (Å²) in [5, 5.41) is 8.71. The largest absolute Gasteiger partial charge is 0.670 e. The van der Waals surface area contributed by atoms with Crippen molar-refractivity contribution < 1.29 is 46.7 Å². The first-order valence-corrected chi connectivity index (χ1v) is 3.20. The molecule has 0 aliphatic carbocycles. The minimum atomic E-state index is -0.599. The van der Waals surface area contributed by atoms with E-state index in [9.17, 15) is 0 Å². The van der Waals surface area contributed by atoms with Crippen LogP contribution in [0.1, 0.15) is 12.8 Å². The van der Waals surface area contributed by atoms with E-state index in [1.165, 1.54) is 0 Å². The van der Waals surface area contributed by atoms with Gasteiger partial charge in [-0.05, 0) is 12.8 Å². The minimum absolute atomic E-state index is 0. The molecule has 1 saturated heterocycles. The molecule has 0 spiro atoms. The summed E-state index contributed by atoms with van der Waals surface area (Å²) in [6, 6.07) is 0. The standard InChI is InChI=1S/C6H12NO2.CH3.Tm/c7-6(5-8)1-3-9-4-2-6;;/h7-8H,1-5H2;1H3;/q2*-1;. The predicted octanol–water partition coefficient (Wildman–Crippen LogP) is 1.03. The van der Waals surface area contributed by atoms with Crippen molar-refractivity contribution in [3.8, 4) is 0 Å². The van der Waals surface area contributed by atoms with Crippen LogP contribution in [0.5, 0.6) is 0 Å². The van der Waals surface area contributed by atoms with Gasteiger partial charge in [0.2, 0.25) is 0 Å². The molecule has 1 rings (SSSR count). The van der Waals surface area contributed by atoms with Crippen molar-refractivity contribution in [1.29, 1.82) is 0 Å². The zero-order valence-corrected chi connectivity index (χ0v) is 8.45. The van der Waals surface area contributed by atoms with E-state index in [-0.39, 0.29) is 50.9 Å². The molecule has 0 aromatic carbocycles. The van der Waals surface area contributed by atoms with Crippen molar-refractivity contribution in [2.45, 2.75) is 18.4 Å². The Bertz CT molecular complexity index is 94.4. The molecule has 0 saturated carbocycles. The van der Waals surface area contributed by atoms with E-state index in [2.05, 4.69) is 0 Å². The normalized spacial score (nSPS) is 21.3. The molecule has 1 aliphatic heterocycles. The maximum Gasteiger partial charge on any atom is 0.0455 e. The SMILES string of the molecule is [CH3-].[NH-]C1(CO)CCOCC1.[Tm]. The van der Waals surface area contributed by atoms with Crippen LogP contribution in [0.25, 0.3) is 5.73 Å². The zero-order valence-electron chi connectivity index (χ0n) is 6.67. The average molecular weight is 314 g/mol. The van der Waals surface area contributed by atoms with Gasteiger partial charge in [0.05, 0.1) is 0 Å². The van der Waals surface area contributed by atoms with Crippen LogP contribution in [-0.4, -0.2) is 30.5 Å². The molecule has 0 bridgehead atoms. The summed E-state index contributed by atoms with van der Waals surface area (Å²) in [5.41, 5.74) is 6.94. The first kappa shape index (κ1) is 14.6. The van der Waals surface area contributed by atoms with E-state index in [0.717, 1.165) is 0 Å². The van der Waals surface area contributed by atoms with Gasteiger partial charge in [0.15, 0.2) is 0 Å². The molecule has 1 heterocycles. The van der Waals surface area contributed by atoms with Crippen LogP contribution in [0.3, 0.4) is 0 Å². The summed E-state index contributed by atoms with van der Waals surface area (Å²) in [6.07, 6.45) is 1.34. The van der Waals surface area contributed by atoms with Gasteiger partial charge in [-0.2, -0.15) is 0 Å². The summed E-state index contributed by atoms with van der Waals surface area (Å²) in [5.74, 6) is 0. The topological polar surface area (TPSA) is 53.3 Å². The van der Waals surface area contributed by atoms with Gasteiger partial charge in [0.25, 0.3) is 0 Å². The Labute approximate surface area is 97.5 Å². The van der Waals surface area contributed by atoms with E-state index in [0.29, 0.717) is 26.1 Å². The van der Waals surface area contributed by atoms with Crippen LogP contribution in [0, 0.1) is 44.3 Å². The second-order valence-electron chi connectivity index (χ2n) is 2.55. The van der Waals surface area contributed by atoms with Crippen molar-refractivity contribution in [3.05, 3.63) is 13.2 Å². The van der Waals surface area contributed by atoms with Crippen LogP contribution < -0.4 is 0 Å². The number of aliphatic hydroxyl groups excluding tert-OH is 1. The molecular formula is C7H15NO2Tm-2. The third-order valence-corrected chi connectivity index (χ3v) is 1.75. The molecule has 3 nitrogen and oxygen atoms in total. The van der Waals surface area contributed by atoms with Crippen LogP contribution in [0.2, 0.25) is 0 Å². The van der Waals surface area contributed by atoms with E-state index >= 15 is 0 Å². The molecule has 1 radical (unpaired) electrons. The molecule has 2 N–H and O–H groups in total. The van der Waals surface area contributed by atoms with Gasteiger partial charge in [-0.3, -0.25) is 0 Å². The summed E-state index contributed by atoms with van der Waals surface area (Å²) < 4.78 is 5.04. The molecule has 0 aromatic rings. The maximum atomic E-state index is 8.71. The van der Waals surface area contributed by atoms with Crippen LogP contribution in [0.4, 0.5) is 0 Å². The molecule has 0 atom stereocenters. The Hall–Kier alpha value is 1.11. The average Bonchev–Trinajstić information content (AvgIpc) is 1.90. The van der Waals surface area contributed by atoms with Crippen molar-refractivity contribution in [3.63, 3.8) is 0 Å². The quantitative estimate of drug-likeness (QED) is 0.735. The number of aliphatic hydroxyl groups is 1. The molecule has 75 valence electrons. The van der Waals surface area contributed by atoms with Crippen LogP contribution in [-0.2, 0) is 4.74 Å². The van der Waals surface area contributed by atoms with Crippen molar-refractivity contribution in [1.82, 2.24) is 0 Å². The molecule has 0 amide bonds. The summed E-state index contributed by atoms with van der Waals surface area (Å²) in [7, 11) is 0. The van der Waals surface area contributed by atoms with Gasteiger partial charge in [-0.15, -0.1) is 0 Å². The molecule has 1 fully saturated rings. The Balaban J connectivity index is 0. The molecular weight excluding hydrogens is 299 g/mol. The van der Waals surface area contributed by atoms with E-state index < -0.39 is 5.54 Å². The fraction of sp³-hybridized carbons (Fsp3) is 0.857. The summed E-state index contributed by atoms with van der Waals surface area (Å²) in [4.78, 5) is 0. The van der Waals surface area contributed by atoms with Gasteiger partial charge < -0.3 is 23.0 Å². The second-order valence-corrected chi connectivity index (χ2v) is 2.55. The Morgan fingerprint density at radius 3 is 2.09 bits per heavy atom. The van der Waals surface area contributed by atoms with Gasteiger partial charge in [0.1, 0.15) is 0 Å². The maximum absolute atomic E-state index is 8.71. The van der Waals surface area contributed by atoms with Gasteiger partial charge in [0, 0.05) is 56.7 Å². The van der Waals surface area contributed by atoms with Crippen LogP contribution >= 0.6 is 0 Å². The van der Waals surface area contributed by atoms with E-state index in [1.807, 2.05) is 0 Å².